The van der Waals surface area contributed by atoms with E-state index in [2.05, 4.69) is 21.7 Å². The van der Waals surface area contributed by atoms with Gasteiger partial charge in [-0.3, -0.25) is 0 Å². The number of hydrogen-bond acceptors (Lipinski definition) is 2. The van der Waals surface area contributed by atoms with Crippen LogP contribution in [0.2, 0.25) is 0 Å². The van der Waals surface area contributed by atoms with Crippen molar-refractivity contribution in [3.05, 3.63) is 41.3 Å². The number of aromatic amines is 1. The first-order valence-electron chi connectivity index (χ1n) is 6.30. The summed E-state index contributed by atoms with van der Waals surface area (Å²) in [6, 6.07) is 10.3. The van der Waals surface area contributed by atoms with E-state index in [9.17, 15) is 0 Å². The molecule has 3 nitrogen and oxygen atoms in total. The third-order valence-electron chi connectivity index (χ3n) is 3.35. The van der Waals surface area contributed by atoms with Crippen molar-refractivity contribution in [1.82, 2.24) is 9.55 Å². The fraction of sp³-hybridized carbons (Fsp3) is 0.357. The average Bonchev–Trinajstić information content (AvgIpc) is 3.03. The van der Waals surface area contributed by atoms with Gasteiger partial charge in [-0.05, 0) is 30.6 Å². The number of nitrogens with zero attached hydrogens (tertiary/aromatic N) is 1. The first kappa shape index (κ1) is 11.7. The highest BCUT2D eigenvalue weighted by molar-refractivity contribution is 7.71. The molecule has 0 spiro atoms. The maximum atomic E-state index is 5.69. The van der Waals surface area contributed by atoms with Crippen molar-refractivity contribution >= 4 is 12.2 Å². The summed E-state index contributed by atoms with van der Waals surface area (Å²) in [5, 5.41) is 0. The fourth-order valence-electron chi connectivity index (χ4n) is 2.42. The summed E-state index contributed by atoms with van der Waals surface area (Å²) in [5.41, 5.74) is 2.32. The second kappa shape index (κ2) is 5.08. The predicted octanol–water partition coefficient (Wildman–Crippen LogP) is 3.39. The maximum absolute atomic E-state index is 5.69. The van der Waals surface area contributed by atoms with Crippen molar-refractivity contribution in [3.8, 4) is 11.3 Å². The summed E-state index contributed by atoms with van der Waals surface area (Å²) in [7, 11) is 0. The quantitative estimate of drug-likeness (QED) is 0.857. The lowest BCUT2D eigenvalue weighted by molar-refractivity contribution is 0.0970. The Kier molecular flexibility index (Phi) is 3.30. The Morgan fingerprint density at radius 3 is 2.89 bits per heavy atom. The molecule has 0 saturated carbocycles. The molecule has 1 N–H and O–H groups in total. The Morgan fingerprint density at radius 1 is 1.33 bits per heavy atom. The minimum Gasteiger partial charge on any atom is -0.376 e. The van der Waals surface area contributed by atoms with Crippen LogP contribution in [0.25, 0.3) is 11.3 Å². The van der Waals surface area contributed by atoms with Gasteiger partial charge in [-0.25, -0.2) is 0 Å². The van der Waals surface area contributed by atoms with Crippen LogP contribution < -0.4 is 0 Å². The lowest BCUT2D eigenvalue weighted by Crippen LogP contribution is -2.15. The maximum Gasteiger partial charge on any atom is 0.177 e. The summed E-state index contributed by atoms with van der Waals surface area (Å²) in [5.74, 6) is 0. The monoisotopic (exact) mass is 260 g/mol. The van der Waals surface area contributed by atoms with E-state index >= 15 is 0 Å². The molecule has 1 aliphatic rings. The number of nitrogens with one attached hydrogen (secondary N) is 1. The fourth-order valence-corrected chi connectivity index (χ4v) is 2.65. The highest BCUT2D eigenvalue weighted by atomic mass is 32.1. The van der Waals surface area contributed by atoms with Gasteiger partial charge in [0, 0.05) is 12.8 Å². The molecule has 1 unspecified atom stereocenters. The van der Waals surface area contributed by atoms with E-state index in [1.54, 1.807) is 0 Å². The van der Waals surface area contributed by atoms with E-state index in [4.69, 9.17) is 17.0 Å². The van der Waals surface area contributed by atoms with Crippen LogP contribution in [0.1, 0.15) is 12.8 Å². The van der Waals surface area contributed by atoms with Crippen molar-refractivity contribution < 1.29 is 4.74 Å². The number of ether oxygens (including phenoxy) is 1. The van der Waals surface area contributed by atoms with Crippen LogP contribution in [0.3, 0.4) is 0 Å². The molecule has 1 saturated heterocycles. The Labute approximate surface area is 111 Å². The van der Waals surface area contributed by atoms with Crippen molar-refractivity contribution in [2.75, 3.05) is 6.61 Å². The number of rotatable bonds is 3. The van der Waals surface area contributed by atoms with Crippen LogP contribution in [0.15, 0.2) is 36.5 Å². The van der Waals surface area contributed by atoms with Crippen LogP contribution in [-0.2, 0) is 11.3 Å². The molecule has 0 amide bonds. The molecule has 2 heterocycles. The van der Waals surface area contributed by atoms with Gasteiger partial charge < -0.3 is 14.3 Å². The van der Waals surface area contributed by atoms with Crippen LogP contribution in [0, 0.1) is 4.77 Å². The minimum atomic E-state index is 0.301. The Hall–Kier alpha value is -1.39. The van der Waals surface area contributed by atoms with E-state index in [-0.39, 0.29) is 0 Å². The SMILES string of the molecule is S=c1[nH]cc(-c2ccccc2)n1CC1CCCO1. The first-order chi connectivity index (χ1) is 8.84. The second-order valence-electron chi connectivity index (χ2n) is 4.59. The summed E-state index contributed by atoms with van der Waals surface area (Å²) in [6.45, 7) is 1.72. The molecule has 94 valence electrons. The van der Waals surface area contributed by atoms with Gasteiger partial charge in [-0.1, -0.05) is 30.3 Å². The lowest BCUT2D eigenvalue weighted by atomic mass is 10.1. The van der Waals surface area contributed by atoms with Crippen LogP contribution >= 0.6 is 12.2 Å². The van der Waals surface area contributed by atoms with E-state index in [1.807, 2.05) is 24.4 Å². The standard InChI is InChI=1S/C14H16N2OS/c18-14-15-9-13(11-5-2-1-3-6-11)16(14)10-12-7-4-8-17-12/h1-3,5-6,9,12H,4,7-8,10H2,(H,15,18). The van der Waals surface area contributed by atoms with Gasteiger partial charge in [0.25, 0.3) is 0 Å². The molecule has 1 atom stereocenters. The zero-order valence-electron chi connectivity index (χ0n) is 10.1. The highest BCUT2D eigenvalue weighted by Crippen LogP contribution is 2.22. The van der Waals surface area contributed by atoms with Gasteiger partial charge in [0.15, 0.2) is 4.77 Å². The van der Waals surface area contributed by atoms with Gasteiger partial charge in [0.05, 0.1) is 18.3 Å². The highest BCUT2D eigenvalue weighted by Gasteiger charge is 2.18. The zero-order valence-corrected chi connectivity index (χ0v) is 11.0. The molecule has 2 aromatic rings. The Bertz CT molecular complexity index is 567. The van der Waals surface area contributed by atoms with Gasteiger partial charge in [0.2, 0.25) is 0 Å². The third-order valence-corrected chi connectivity index (χ3v) is 3.69. The van der Waals surface area contributed by atoms with Crippen molar-refractivity contribution in [3.63, 3.8) is 0 Å². The molecular formula is C14H16N2OS. The first-order valence-corrected chi connectivity index (χ1v) is 6.70. The molecule has 18 heavy (non-hydrogen) atoms. The average molecular weight is 260 g/mol. The van der Waals surface area contributed by atoms with Gasteiger partial charge in [-0.15, -0.1) is 0 Å². The molecule has 1 aliphatic heterocycles. The summed E-state index contributed by atoms with van der Waals surface area (Å²) in [6.07, 6.45) is 4.56. The van der Waals surface area contributed by atoms with Crippen LogP contribution in [0.5, 0.6) is 0 Å². The summed E-state index contributed by atoms with van der Waals surface area (Å²) < 4.78 is 8.60. The third kappa shape index (κ3) is 2.26. The van der Waals surface area contributed by atoms with E-state index < -0.39 is 0 Å². The Balaban J connectivity index is 1.93. The number of hydrogen-bond donors (Lipinski definition) is 1. The zero-order chi connectivity index (χ0) is 12.4. The molecule has 1 aromatic carbocycles. The molecule has 1 fully saturated rings. The summed E-state index contributed by atoms with van der Waals surface area (Å²) >= 11 is 5.36. The molecule has 0 bridgehead atoms. The topological polar surface area (TPSA) is 29.9 Å². The van der Waals surface area contributed by atoms with Gasteiger partial charge in [-0.2, -0.15) is 0 Å². The molecular weight excluding hydrogens is 244 g/mol. The minimum absolute atomic E-state index is 0.301. The van der Waals surface area contributed by atoms with E-state index in [0.29, 0.717) is 6.10 Å². The van der Waals surface area contributed by atoms with Crippen LogP contribution in [-0.4, -0.2) is 22.3 Å². The normalized spacial score (nSPS) is 19.2. The van der Waals surface area contributed by atoms with Crippen LogP contribution in [0.4, 0.5) is 0 Å². The number of imidazole rings is 1. The smallest absolute Gasteiger partial charge is 0.177 e. The number of benzene rings is 1. The van der Waals surface area contributed by atoms with Crippen molar-refractivity contribution in [1.29, 1.82) is 0 Å². The van der Waals surface area contributed by atoms with Gasteiger partial charge in [0.1, 0.15) is 0 Å². The number of aromatic nitrogens is 2. The summed E-state index contributed by atoms with van der Waals surface area (Å²) in [4.78, 5) is 3.13. The van der Waals surface area contributed by atoms with E-state index in [0.717, 1.165) is 36.5 Å². The molecule has 1 aromatic heterocycles. The molecule has 0 radical (unpaired) electrons. The van der Waals surface area contributed by atoms with Crippen molar-refractivity contribution in [2.45, 2.75) is 25.5 Å². The Morgan fingerprint density at radius 2 is 2.17 bits per heavy atom. The largest absolute Gasteiger partial charge is 0.376 e. The molecule has 0 aliphatic carbocycles. The molecule has 3 rings (SSSR count). The second-order valence-corrected chi connectivity index (χ2v) is 4.98. The molecule has 4 heteroatoms. The lowest BCUT2D eigenvalue weighted by Gasteiger charge is -2.13. The van der Waals surface area contributed by atoms with Gasteiger partial charge >= 0.3 is 0 Å². The predicted molar refractivity (Wildman–Crippen MR) is 74.0 cm³/mol. The van der Waals surface area contributed by atoms with E-state index in [1.165, 1.54) is 5.56 Å². The van der Waals surface area contributed by atoms with Crippen molar-refractivity contribution in [2.24, 2.45) is 0 Å². The number of H-pyrrole nitrogens is 1.